The molecule has 3 nitrogen and oxygen atoms in total. The quantitative estimate of drug-likeness (QED) is 0.824. The van der Waals surface area contributed by atoms with Crippen LogP contribution >= 0.6 is 0 Å². The van der Waals surface area contributed by atoms with Gasteiger partial charge in [-0.2, -0.15) is 0 Å². The van der Waals surface area contributed by atoms with Crippen molar-refractivity contribution in [2.24, 2.45) is 0 Å². The molecule has 0 atom stereocenters. The molecule has 0 heterocycles. The first-order valence-corrected chi connectivity index (χ1v) is 6.18. The van der Waals surface area contributed by atoms with Gasteiger partial charge < -0.3 is 9.64 Å². The molecule has 3 heteroatoms. The van der Waals surface area contributed by atoms with Gasteiger partial charge in [0.25, 0.3) is 5.91 Å². The number of aryl methyl sites for hydroxylation is 2. The lowest BCUT2D eigenvalue weighted by atomic mass is 10.1. The van der Waals surface area contributed by atoms with Gasteiger partial charge in [0.2, 0.25) is 0 Å². The summed E-state index contributed by atoms with van der Waals surface area (Å²) in [5, 5.41) is 0. The van der Waals surface area contributed by atoms with Crippen molar-refractivity contribution in [2.45, 2.75) is 40.2 Å². The van der Waals surface area contributed by atoms with Gasteiger partial charge in [-0.3, -0.25) is 4.79 Å². The minimum absolute atomic E-state index is 0.0325. The Balaban J connectivity index is 2.74. The summed E-state index contributed by atoms with van der Waals surface area (Å²) in [4.78, 5) is 13.7. The Kier molecular flexibility index (Phi) is 4.52. The minimum Gasteiger partial charge on any atom is -0.366 e. The SMILES string of the molecule is Cc1cc(C)cc(N(C)C(=O)COC(C)(C)C)c1. The Bertz CT molecular complexity index is 412. The Hall–Kier alpha value is -1.35. The van der Waals surface area contributed by atoms with E-state index >= 15 is 0 Å². The lowest BCUT2D eigenvalue weighted by Gasteiger charge is -2.23. The van der Waals surface area contributed by atoms with Crippen LogP contribution in [0, 0.1) is 13.8 Å². The third-order valence-corrected chi connectivity index (χ3v) is 2.60. The minimum atomic E-state index is -0.293. The second-order valence-electron chi connectivity index (χ2n) is 5.70. The first kappa shape index (κ1) is 14.7. The number of ether oxygens (including phenoxy) is 1. The predicted molar refractivity (Wildman–Crippen MR) is 75.0 cm³/mol. The van der Waals surface area contributed by atoms with Crippen LogP contribution in [0.25, 0.3) is 0 Å². The fourth-order valence-electron chi connectivity index (χ4n) is 1.66. The molecule has 18 heavy (non-hydrogen) atoms. The standard InChI is InChI=1S/C15H23NO2/c1-11-7-12(2)9-13(8-11)16(6)14(17)10-18-15(3,4)5/h7-9H,10H2,1-6H3. The molecular weight excluding hydrogens is 226 g/mol. The Labute approximate surface area is 110 Å². The van der Waals surface area contributed by atoms with Crippen LogP contribution in [0.1, 0.15) is 31.9 Å². The van der Waals surface area contributed by atoms with E-state index in [-0.39, 0.29) is 18.1 Å². The summed E-state index contributed by atoms with van der Waals surface area (Å²) < 4.78 is 5.50. The number of anilines is 1. The van der Waals surface area contributed by atoms with E-state index < -0.39 is 0 Å². The van der Waals surface area contributed by atoms with Crippen molar-refractivity contribution in [2.75, 3.05) is 18.6 Å². The van der Waals surface area contributed by atoms with Gasteiger partial charge >= 0.3 is 0 Å². The largest absolute Gasteiger partial charge is 0.366 e. The molecule has 0 aliphatic carbocycles. The maximum Gasteiger partial charge on any atom is 0.252 e. The van der Waals surface area contributed by atoms with Crippen molar-refractivity contribution in [1.82, 2.24) is 0 Å². The van der Waals surface area contributed by atoms with Crippen molar-refractivity contribution >= 4 is 11.6 Å². The first-order chi connectivity index (χ1) is 8.19. The van der Waals surface area contributed by atoms with Gasteiger partial charge in [-0.15, -0.1) is 0 Å². The van der Waals surface area contributed by atoms with Gasteiger partial charge in [0.05, 0.1) is 5.60 Å². The lowest BCUT2D eigenvalue weighted by molar-refractivity contribution is -0.127. The monoisotopic (exact) mass is 249 g/mol. The van der Waals surface area contributed by atoms with Gasteiger partial charge in [0, 0.05) is 12.7 Å². The molecule has 0 aliphatic rings. The zero-order valence-electron chi connectivity index (χ0n) is 12.2. The molecule has 0 spiro atoms. The summed E-state index contributed by atoms with van der Waals surface area (Å²) in [5.41, 5.74) is 2.93. The maximum absolute atomic E-state index is 12.0. The van der Waals surface area contributed by atoms with Crippen LogP contribution in [0.4, 0.5) is 5.69 Å². The van der Waals surface area contributed by atoms with Crippen LogP contribution in [-0.2, 0) is 9.53 Å². The van der Waals surface area contributed by atoms with E-state index in [4.69, 9.17) is 4.74 Å². The molecule has 100 valence electrons. The summed E-state index contributed by atoms with van der Waals surface area (Å²) in [5.74, 6) is -0.0325. The second-order valence-corrected chi connectivity index (χ2v) is 5.70. The highest BCUT2D eigenvalue weighted by Crippen LogP contribution is 2.18. The topological polar surface area (TPSA) is 29.5 Å². The summed E-state index contributed by atoms with van der Waals surface area (Å²) in [6.07, 6.45) is 0. The zero-order chi connectivity index (χ0) is 13.9. The van der Waals surface area contributed by atoms with E-state index in [1.165, 1.54) is 0 Å². The zero-order valence-corrected chi connectivity index (χ0v) is 12.2. The van der Waals surface area contributed by atoms with Crippen LogP contribution in [0.2, 0.25) is 0 Å². The molecule has 0 aromatic heterocycles. The molecule has 0 saturated heterocycles. The summed E-state index contributed by atoms with van der Waals surface area (Å²) in [6.45, 7) is 9.99. The van der Waals surface area contributed by atoms with Crippen molar-refractivity contribution in [3.05, 3.63) is 29.3 Å². The average molecular weight is 249 g/mol. The maximum atomic E-state index is 12.0. The summed E-state index contributed by atoms with van der Waals surface area (Å²) >= 11 is 0. The van der Waals surface area contributed by atoms with Gasteiger partial charge in [-0.25, -0.2) is 0 Å². The van der Waals surface area contributed by atoms with E-state index in [2.05, 4.69) is 6.07 Å². The average Bonchev–Trinajstić information content (AvgIpc) is 2.22. The van der Waals surface area contributed by atoms with E-state index in [0.29, 0.717) is 0 Å². The fraction of sp³-hybridized carbons (Fsp3) is 0.533. The number of rotatable bonds is 3. The van der Waals surface area contributed by atoms with Crippen molar-refractivity contribution < 1.29 is 9.53 Å². The summed E-state index contributed by atoms with van der Waals surface area (Å²) in [7, 11) is 1.78. The van der Waals surface area contributed by atoms with Gasteiger partial charge in [0.15, 0.2) is 0 Å². The molecular formula is C15H23NO2. The van der Waals surface area contributed by atoms with Crippen LogP contribution in [0.3, 0.4) is 0 Å². The first-order valence-electron chi connectivity index (χ1n) is 6.18. The number of carbonyl (C=O) groups excluding carboxylic acids is 1. The van der Waals surface area contributed by atoms with E-state index in [1.807, 2.05) is 46.8 Å². The van der Waals surface area contributed by atoms with Gasteiger partial charge in [0.1, 0.15) is 6.61 Å². The highest BCUT2D eigenvalue weighted by molar-refractivity contribution is 5.93. The molecule has 1 rings (SSSR count). The van der Waals surface area contributed by atoms with Crippen LogP contribution in [0.15, 0.2) is 18.2 Å². The van der Waals surface area contributed by atoms with Crippen LogP contribution in [0.5, 0.6) is 0 Å². The van der Waals surface area contributed by atoms with Gasteiger partial charge in [-0.05, 0) is 57.9 Å². The van der Waals surface area contributed by atoms with E-state index in [0.717, 1.165) is 16.8 Å². The molecule has 0 saturated carbocycles. The number of carbonyl (C=O) groups is 1. The number of nitrogens with zero attached hydrogens (tertiary/aromatic N) is 1. The number of hydrogen-bond acceptors (Lipinski definition) is 2. The molecule has 0 aliphatic heterocycles. The summed E-state index contributed by atoms with van der Waals surface area (Å²) in [6, 6.07) is 6.09. The second kappa shape index (κ2) is 5.53. The molecule has 0 radical (unpaired) electrons. The predicted octanol–water partition coefficient (Wildman–Crippen LogP) is 3.08. The normalized spacial score (nSPS) is 11.4. The lowest BCUT2D eigenvalue weighted by Crippen LogP contribution is -2.33. The number of likely N-dealkylation sites (N-methyl/N-ethyl adjacent to an activating group) is 1. The number of hydrogen-bond donors (Lipinski definition) is 0. The number of benzene rings is 1. The highest BCUT2D eigenvalue weighted by atomic mass is 16.5. The molecule has 1 aromatic rings. The molecule has 1 aromatic carbocycles. The van der Waals surface area contributed by atoms with Gasteiger partial charge in [-0.1, -0.05) is 6.07 Å². The molecule has 0 unspecified atom stereocenters. The van der Waals surface area contributed by atoms with E-state index in [9.17, 15) is 4.79 Å². The Morgan fingerprint density at radius 2 is 1.67 bits per heavy atom. The number of amides is 1. The van der Waals surface area contributed by atoms with Crippen LogP contribution < -0.4 is 4.90 Å². The van der Waals surface area contributed by atoms with Crippen molar-refractivity contribution in [3.63, 3.8) is 0 Å². The smallest absolute Gasteiger partial charge is 0.252 e. The molecule has 0 N–H and O–H groups in total. The third kappa shape index (κ3) is 4.49. The third-order valence-electron chi connectivity index (χ3n) is 2.60. The Morgan fingerprint density at radius 1 is 1.17 bits per heavy atom. The van der Waals surface area contributed by atoms with Crippen molar-refractivity contribution in [3.8, 4) is 0 Å². The molecule has 0 fully saturated rings. The van der Waals surface area contributed by atoms with Crippen LogP contribution in [-0.4, -0.2) is 25.2 Å². The van der Waals surface area contributed by atoms with E-state index in [1.54, 1.807) is 11.9 Å². The van der Waals surface area contributed by atoms with Crippen molar-refractivity contribution in [1.29, 1.82) is 0 Å². The Morgan fingerprint density at radius 3 is 2.11 bits per heavy atom. The molecule has 1 amide bonds. The molecule has 0 bridgehead atoms. The fourth-order valence-corrected chi connectivity index (χ4v) is 1.66. The highest BCUT2D eigenvalue weighted by Gasteiger charge is 2.16.